The van der Waals surface area contributed by atoms with Crippen molar-refractivity contribution in [1.29, 1.82) is 0 Å². The van der Waals surface area contributed by atoms with Crippen molar-refractivity contribution in [3.8, 4) is 0 Å². The van der Waals surface area contributed by atoms with Crippen LogP contribution in [0.25, 0.3) is 0 Å². The van der Waals surface area contributed by atoms with Gasteiger partial charge in [0.15, 0.2) is 0 Å². The summed E-state index contributed by atoms with van der Waals surface area (Å²) in [7, 11) is 1.75. The van der Waals surface area contributed by atoms with Gasteiger partial charge in [-0.05, 0) is 43.9 Å². The first-order valence-electron chi connectivity index (χ1n) is 9.81. The van der Waals surface area contributed by atoms with Crippen LogP contribution in [0.1, 0.15) is 64.2 Å². The first-order chi connectivity index (χ1) is 11.6. The number of amides is 2. The average molecular weight is 338 g/mol. The predicted molar refractivity (Wildman–Crippen MR) is 93.9 cm³/mol. The topological polar surface area (TPSA) is 61.8 Å². The van der Waals surface area contributed by atoms with Crippen molar-refractivity contribution < 1.29 is 14.6 Å². The quantitative estimate of drug-likeness (QED) is 0.810. The van der Waals surface area contributed by atoms with Crippen molar-refractivity contribution in [1.82, 2.24) is 10.2 Å². The summed E-state index contributed by atoms with van der Waals surface area (Å²) >= 11 is 0. The standard InChI is InChI=1S/C19H34N2O3/c1-24-13-11-18(7-4-5-8-18)15-20-17(22)21-12-10-19(23)9-3-2-6-16(19)14-21/h16,23H,2-15H2,1H3,(H,20,22). The molecule has 0 aromatic heterocycles. The zero-order valence-electron chi connectivity index (χ0n) is 15.2. The number of rotatable bonds is 5. The van der Waals surface area contributed by atoms with Gasteiger partial charge < -0.3 is 20.1 Å². The van der Waals surface area contributed by atoms with E-state index in [1.807, 2.05) is 4.90 Å². The van der Waals surface area contributed by atoms with Gasteiger partial charge >= 0.3 is 6.03 Å². The number of hydrogen-bond acceptors (Lipinski definition) is 3. The smallest absolute Gasteiger partial charge is 0.317 e. The Hall–Kier alpha value is -0.810. The highest BCUT2D eigenvalue weighted by atomic mass is 16.5. The molecule has 2 unspecified atom stereocenters. The molecule has 3 fully saturated rings. The molecule has 3 rings (SSSR count). The molecule has 5 heteroatoms. The molecule has 1 heterocycles. The number of nitrogens with zero attached hydrogens (tertiary/aromatic N) is 1. The highest BCUT2D eigenvalue weighted by Gasteiger charge is 2.44. The van der Waals surface area contributed by atoms with Gasteiger partial charge in [-0.3, -0.25) is 0 Å². The van der Waals surface area contributed by atoms with Gasteiger partial charge in [0.1, 0.15) is 0 Å². The molecule has 0 bridgehead atoms. The number of piperidine rings is 1. The summed E-state index contributed by atoms with van der Waals surface area (Å²) in [6.07, 6.45) is 11.0. The number of methoxy groups -OCH3 is 1. The fraction of sp³-hybridized carbons (Fsp3) is 0.947. The molecule has 24 heavy (non-hydrogen) atoms. The number of likely N-dealkylation sites (tertiary alicyclic amines) is 1. The van der Waals surface area contributed by atoms with Crippen LogP contribution < -0.4 is 5.32 Å². The van der Waals surface area contributed by atoms with E-state index in [4.69, 9.17) is 4.74 Å². The Labute approximate surface area is 146 Å². The van der Waals surface area contributed by atoms with Crippen LogP contribution in [0.2, 0.25) is 0 Å². The Kier molecular flexibility index (Phi) is 5.70. The van der Waals surface area contributed by atoms with Crippen molar-refractivity contribution in [2.75, 3.05) is 33.4 Å². The normalized spacial score (nSPS) is 32.4. The van der Waals surface area contributed by atoms with Crippen molar-refractivity contribution in [3.05, 3.63) is 0 Å². The van der Waals surface area contributed by atoms with Crippen LogP contribution in [0, 0.1) is 11.3 Å². The first-order valence-corrected chi connectivity index (χ1v) is 9.81. The van der Waals surface area contributed by atoms with Crippen molar-refractivity contribution in [2.24, 2.45) is 11.3 Å². The molecular weight excluding hydrogens is 304 g/mol. The highest BCUT2D eigenvalue weighted by molar-refractivity contribution is 5.74. The molecule has 2 aliphatic carbocycles. The first kappa shape index (κ1) is 18.0. The second kappa shape index (κ2) is 7.61. The number of hydrogen-bond donors (Lipinski definition) is 2. The summed E-state index contributed by atoms with van der Waals surface area (Å²) in [5.41, 5.74) is -0.285. The maximum Gasteiger partial charge on any atom is 0.317 e. The van der Waals surface area contributed by atoms with E-state index in [0.717, 1.165) is 45.3 Å². The summed E-state index contributed by atoms with van der Waals surface area (Å²) in [6, 6.07) is 0.0614. The van der Waals surface area contributed by atoms with E-state index in [9.17, 15) is 9.90 Å². The number of urea groups is 1. The van der Waals surface area contributed by atoms with Crippen LogP contribution in [-0.4, -0.2) is 55.0 Å². The summed E-state index contributed by atoms with van der Waals surface area (Å²) in [6.45, 7) is 2.94. The number of ether oxygens (including phenoxy) is 1. The maximum absolute atomic E-state index is 12.7. The molecule has 3 aliphatic rings. The van der Waals surface area contributed by atoms with Gasteiger partial charge in [0.25, 0.3) is 0 Å². The van der Waals surface area contributed by atoms with Crippen LogP contribution >= 0.6 is 0 Å². The zero-order valence-corrected chi connectivity index (χ0v) is 15.2. The van der Waals surface area contributed by atoms with Crippen molar-refractivity contribution in [3.63, 3.8) is 0 Å². The second-order valence-corrected chi connectivity index (χ2v) is 8.35. The molecule has 0 aromatic rings. The Morgan fingerprint density at radius 2 is 1.96 bits per heavy atom. The molecule has 2 saturated carbocycles. The molecule has 2 amide bonds. The average Bonchev–Trinajstić information content (AvgIpc) is 3.06. The third kappa shape index (κ3) is 3.88. The van der Waals surface area contributed by atoms with Crippen molar-refractivity contribution >= 4 is 6.03 Å². The van der Waals surface area contributed by atoms with Crippen LogP contribution in [0.4, 0.5) is 4.79 Å². The predicted octanol–water partition coefficient (Wildman–Crippen LogP) is 2.92. The van der Waals surface area contributed by atoms with E-state index in [-0.39, 0.29) is 17.4 Å². The van der Waals surface area contributed by atoms with E-state index in [1.54, 1.807) is 7.11 Å². The van der Waals surface area contributed by atoms with Crippen molar-refractivity contribution in [2.45, 2.75) is 69.8 Å². The van der Waals surface area contributed by atoms with Gasteiger partial charge in [0, 0.05) is 39.3 Å². The van der Waals surface area contributed by atoms with E-state index in [0.29, 0.717) is 13.1 Å². The molecule has 2 N–H and O–H groups in total. The number of fused-ring (bicyclic) bond motifs is 1. The summed E-state index contributed by atoms with van der Waals surface area (Å²) in [5.74, 6) is 0.264. The molecule has 0 spiro atoms. The van der Waals surface area contributed by atoms with Crippen LogP contribution in [-0.2, 0) is 4.74 Å². The lowest BCUT2D eigenvalue weighted by Gasteiger charge is -2.47. The van der Waals surface area contributed by atoms with Gasteiger partial charge in [0.2, 0.25) is 0 Å². The minimum Gasteiger partial charge on any atom is -0.389 e. The summed E-state index contributed by atoms with van der Waals surface area (Å²) in [4.78, 5) is 14.6. The minimum atomic E-state index is -0.514. The lowest BCUT2D eigenvalue weighted by atomic mass is 9.71. The van der Waals surface area contributed by atoms with Gasteiger partial charge in [-0.25, -0.2) is 4.79 Å². The van der Waals surface area contributed by atoms with Gasteiger partial charge in [-0.1, -0.05) is 25.7 Å². The third-order valence-electron chi connectivity index (χ3n) is 6.83. The molecule has 0 radical (unpaired) electrons. The molecule has 0 aromatic carbocycles. The highest BCUT2D eigenvalue weighted by Crippen LogP contribution is 2.41. The van der Waals surface area contributed by atoms with Crippen LogP contribution in [0.5, 0.6) is 0 Å². The number of nitrogens with one attached hydrogen (secondary N) is 1. The largest absolute Gasteiger partial charge is 0.389 e. The lowest BCUT2D eigenvalue weighted by molar-refractivity contribution is -0.0871. The second-order valence-electron chi connectivity index (χ2n) is 8.35. The fourth-order valence-electron chi connectivity index (χ4n) is 5.09. The number of carbonyl (C=O) groups is 1. The third-order valence-corrected chi connectivity index (χ3v) is 6.83. The fourth-order valence-corrected chi connectivity index (χ4v) is 5.09. The Balaban J connectivity index is 1.51. The van der Waals surface area contributed by atoms with Gasteiger partial charge in [0.05, 0.1) is 5.60 Å². The van der Waals surface area contributed by atoms with E-state index >= 15 is 0 Å². The summed E-state index contributed by atoms with van der Waals surface area (Å²) < 4.78 is 5.27. The van der Waals surface area contributed by atoms with Gasteiger partial charge in [-0.2, -0.15) is 0 Å². The number of aliphatic hydroxyl groups is 1. The number of carbonyl (C=O) groups excluding carboxylic acids is 1. The molecule has 5 nitrogen and oxygen atoms in total. The molecule has 1 aliphatic heterocycles. The van der Waals surface area contributed by atoms with Crippen LogP contribution in [0.3, 0.4) is 0 Å². The Bertz CT molecular complexity index is 436. The maximum atomic E-state index is 12.7. The van der Waals surface area contributed by atoms with E-state index < -0.39 is 5.60 Å². The van der Waals surface area contributed by atoms with Crippen LogP contribution in [0.15, 0.2) is 0 Å². The van der Waals surface area contributed by atoms with Gasteiger partial charge in [-0.15, -0.1) is 0 Å². The molecule has 138 valence electrons. The molecule has 1 saturated heterocycles. The lowest BCUT2D eigenvalue weighted by Crippen LogP contribution is -2.57. The Morgan fingerprint density at radius 3 is 2.71 bits per heavy atom. The van der Waals surface area contributed by atoms with E-state index in [2.05, 4.69) is 5.32 Å². The molecule has 2 atom stereocenters. The van der Waals surface area contributed by atoms with E-state index in [1.165, 1.54) is 32.1 Å². The summed E-state index contributed by atoms with van der Waals surface area (Å²) in [5, 5.41) is 14.0. The monoisotopic (exact) mass is 338 g/mol. The Morgan fingerprint density at radius 1 is 1.21 bits per heavy atom. The zero-order chi connectivity index (χ0) is 17.0. The molecular formula is C19H34N2O3. The minimum absolute atomic E-state index is 0.0614. The SMILES string of the molecule is COCCC1(CNC(=O)N2CCC3(O)CCCCC3C2)CCCC1.